The average molecular weight is 250 g/mol. The van der Waals surface area contributed by atoms with E-state index in [1.165, 1.54) is 7.11 Å². The minimum atomic E-state index is -0.795. The average Bonchev–Trinajstić information content (AvgIpc) is 2.37. The number of methoxy groups -OCH3 is 1. The highest BCUT2D eigenvalue weighted by molar-refractivity contribution is 5.94. The molecule has 0 atom stereocenters. The molecule has 0 unspecified atom stereocenters. The first-order valence-corrected chi connectivity index (χ1v) is 4.98. The van der Waals surface area contributed by atoms with Crippen molar-refractivity contribution in [1.82, 2.24) is 0 Å². The van der Waals surface area contributed by atoms with E-state index in [9.17, 15) is 14.9 Å². The summed E-state index contributed by atoms with van der Waals surface area (Å²) in [6.07, 6.45) is 0. The summed E-state index contributed by atoms with van der Waals surface area (Å²) in [5, 5.41) is 19.7. The predicted molar refractivity (Wildman–Crippen MR) is 60.3 cm³/mol. The van der Waals surface area contributed by atoms with E-state index in [2.05, 4.69) is 0 Å². The molecule has 0 saturated heterocycles. The number of hydrogen-bond donors (Lipinski definition) is 0. The van der Waals surface area contributed by atoms with Crippen LogP contribution in [-0.4, -0.2) is 24.6 Å². The minimum Gasteiger partial charge on any atom is -0.495 e. The lowest BCUT2D eigenvalue weighted by Gasteiger charge is -2.07. The van der Waals surface area contributed by atoms with Crippen LogP contribution in [-0.2, 0) is 4.74 Å². The third kappa shape index (κ3) is 2.55. The van der Waals surface area contributed by atoms with Crippen molar-refractivity contribution in [3.8, 4) is 11.8 Å². The topological polar surface area (TPSA) is 102 Å². The molecule has 0 saturated carbocycles. The van der Waals surface area contributed by atoms with E-state index >= 15 is 0 Å². The van der Waals surface area contributed by atoms with Gasteiger partial charge >= 0.3 is 5.97 Å². The second kappa shape index (κ2) is 5.63. The van der Waals surface area contributed by atoms with Crippen LogP contribution in [0.5, 0.6) is 5.75 Å². The number of carbonyl (C=O) groups excluding carboxylic acids is 1. The fraction of sp³-hybridized carbons (Fsp3) is 0.273. The van der Waals surface area contributed by atoms with Crippen molar-refractivity contribution in [1.29, 1.82) is 5.26 Å². The third-order valence-corrected chi connectivity index (χ3v) is 2.12. The van der Waals surface area contributed by atoms with Crippen LogP contribution in [0, 0.1) is 21.4 Å². The van der Waals surface area contributed by atoms with E-state index in [4.69, 9.17) is 14.7 Å². The maximum atomic E-state index is 11.6. The molecule has 0 fully saturated rings. The molecule has 94 valence electrons. The highest BCUT2D eigenvalue weighted by Gasteiger charge is 2.22. The minimum absolute atomic E-state index is 0.0326. The molecule has 0 spiro atoms. The summed E-state index contributed by atoms with van der Waals surface area (Å²) >= 11 is 0. The van der Waals surface area contributed by atoms with Crippen molar-refractivity contribution in [2.24, 2.45) is 0 Å². The number of hydrogen-bond acceptors (Lipinski definition) is 6. The molecule has 0 aromatic heterocycles. The van der Waals surface area contributed by atoms with Crippen LogP contribution in [0.25, 0.3) is 0 Å². The SMILES string of the molecule is CCOC(=O)c1cc([N+](=O)[O-])cc(OC)c1C#N. The van der Waals surface area contributed by atoms with Gasteiger partial charge in [0.15, 0.2) is 0 Å². The van der Waals surface area contributed by atoms with E-state index in [1.807, 2.05) is 0 Å². The van der Waals surface area contributed by atoms with Crippen LogP contribution in [0.15, 0.2) is 12.1 Å². The number of ether oxygens (including phenoxy) is 2. The number of carbonyl (C=O) groups is 1. The molecule has 1 aromatic rings. The lowest BCUT2D eigenvalue weighted by Crippen LogP contribution is -2.09. The molecule has 1 rings (SSSR count). The Bertz CT molecular complexity index is 533. The van der Waals surface area contributed by atoms with E-state index < -0.39 is 10.9 Å². The van der Waals surface area contributed by atoms with Crippen molar-refractivity contribution in [3.05, 3.63) is 33.4 Å². The molecular formula is C11H10N2O5. The predicted octanol–water partition coefficient (Wildman–Crippen LogP) is 1.65. The summed E-state index contributed by atoms with van der Waals surface area (Å²) in [6.45, 7) is 1.70. The Hall–Kier alpha value is -2.62. The van der Waals surface area contributed by atoms with Crippen LogP contribution < -0.4 is 4.74 Å². The maximum absolute atomic E-state index is 11.6. The lowest BCUT2D eigenvalue weighted by atomic mass is 10.1. The second-order valence-electron chi connectivity index (χ2n) is 3.16. The molecule has 0 bridgehead atoms. The Labute approximate surface area is 103 Å². The van der Waals surface area contributed by atoms with E-state index in [0.29, 0.717) is 0 Å². The van der Waals surface area contributed by atoms with Crippen LogP contribution in [0.1, 0.15) is 22.8 Å². The summed E-state index contributed by atoms with van der Waals surface area (Å²) in [7, 11) is 1.26. The highest BCUT2D eigenvalue weighted by Crippen LogP contribution is 2.28. The zero-order chi connectivity index (χ0) is 13.7. The molecule has 0 aliphatic heterocycles. The molecule has 0 aliphatic rings. The third-order valence-electron chi connectivity index (χ3n) is 2.12. The summed E-state index contributed by atoms with van der Waals surface area (Å²) < 4.78 is 9.60. The zero-order valence-corrected chi connectivity index (χ0v) is 9.80. The van der Waals surface area contributed by atoms with Crippen molar-refractivity contribution < 1.29 is 19.2 Å². The van der Waals surface area contributed by atoms with Gasteiger partial charge in [-0.25, -0.2) is 4.79 Å². The van der Waals surface area contributed by atoms with E-state index in [0.717, 1.165) is 12.1 Å². The van der Waals surface area contributed by atoms with Crippen molar-refractivity contribution in [2.75, 3.05) is 13.7 Å². The summed E-state index contributed by atoms with van der Waals surface area (Å²) in [6, 6.07) is 3.86. The molecule has 7 heteroatoms. The van der Waals surface area contributed by atoms with Gasteiger partial charge in [-0.05, 0) is 6.92 Å². The Morgan fingerprint density at radius 3 is 2.67 bits per heavy atom. The fourth-order valence-electron chi connectivity index (χ4n) is 1.35. The Morgan fingerprint density at radius 1 is 1.56 bits per heavy atom. The monoisotopic (exact) mass is 250 g/mol. The van der Waals surface area contributed by atoms with Crippen LogP contribution in [0.3, 0.4) is 0 Å². The van der Waals surface area contributed by atoms with Gasteiger partial charge in [-0.1, -0.05) is 0 Å². The van der Waals surface area contributed by atoms with Gasteiger partial charge in [0.1, 0.15) is 17.4 Å². The molecule has 1 aromatic carbocycles. The molecule has 0 N–H and O–H groups in total. The van der Waals surface area contributed by atoms with Gasteiger partial charge < -0.3 is 9.47 Å². The van der Waals surface area contributed by atoms with Gasteiger partial charge in [0.25, 0.3) is 5.69 Å². The van der Waals surface area contributed by atoms with Crippen LogP contribution >= 0.6 is 0 Å². The van der Waals surface area contributed by atoms with Crippen LogP contribution in [0.4, 0.5) is 5.69 Å². The number of nitro groups is 1. The van der Waals surface area contributed by atoms with E-state index in [-0.39, 0.29) is 29.2 Å². The van der Waals surface area contributed by atoms with Crippen molar-refractivity contribution in [2.45, 2.75) is 6.92 Å². The van der Waals surface area contributed by atoms with E-state index in [1.54, 1.807) is 13.0 Å². The maximum Gasteiger partial charge on any atom is 0.339 e. The molecule has 7 nitrogen and oxygen atoms in total. The molecule has 0 amide bonds. The van der Waals surface area contributed by atoms with Gasteiger partial charge in [0.05, 0.1) is 30.3 Å². The van der Waals surface area contributed by atoms with Crippen LogP contribution in [0.2, 0.25) is 0 Å². The van der Waals surface area contributed by atoms with Gasteiger partial charge in [-0.3, -0.25) is 10.1 Å². The van der Waals surface area contributed by atoms with Gasteiger partial charge in [-0.15, -0.1) is 0 Å². The van der Waals surface area contributed by atoms with Gasteiger partial charge in [0.2, 0.25) is 0 Å². The number of nitro benzene ring substituents is 1. The zero-order valence-electron chi connectivity index (χ0n) is 9.80. The molecule has 0 radical (unpaired) electrons. The number of non-ortho nitro benzene ring substituents is 1. The molecular weight excluding hydrogens is 240 g/mol. The Morgan fingerprint density at radius 2 is 2.22 bits per heavy atom. The second-order valence-corrected chi connectivity index (χ2v) is 3.16. The van der Waals surface area contributed by atoms with Gasteiger partial charge in [-0.2, -0.15) is 5.26 Å². The molecule has 0 heterocycles. The standard InChI is InChI=1S/C11H10N2O5/c1-3-18-11(14)8-4-7(13(15)16)5-10(17-2)9(8)6-12/h4-5H,3H2,1-2H3. The van der Waals surface area contributed by atoms with Gasteiger partial charge in [0, 0.05) is 6.07 Å². The number of benzene rings is 1. The van der Waals surface area contributed by atoms with Crippen molar-refractivity contribution >= 4 is 11.7 Å². The fourth-order valence-corrected chi connectivity index (χ4v) is 1.35. The summed E-state index contributed by atoms with van der Waals surface area (Å²) in [5.74, 6) is -0.828. The number of esters is 1. The molecule has 0 aliphatic carbocycles. The number of nitrogens with zero attached hydrogens (tertiary/aromatic N) is 2. The summed E-state index contributed by atoms with van der Waals surface area (Å²) in [4.78, 5) is 21.7. The largest absolute Gasteiger partial charge is 0.495 e. The first-order chi connectivity index (χ1) is 8.54. The number of nitriles is 1. The highest BCUT2D eigenvalue weighted by atomic mass is 16.6. The Balaban J connectivity index is 3.46. The normalized spacial score (nSPS) is 9.39. The molecule has 18 heavy (non-hydrogen) atoms. The Kier molecular flexibility index (Phi) is 4.21. The quantitative estimate of drug-likeness (QED) is 0.457. The summed E-state index contributed by atoms with van der Waals surface area (Å²) in [5.41, 5.74) is -0.596. The first kappa shape index (κ1) is 13.4. The smallest absolute Gasteiger partial charge is 0.339 e. The number of rotatable bonds is 4. The van der Waals surface area contributed by atoms with Crippen molar-refractivity contribution in [3.63, 3.8) is 0 Å². The first-order valence-electron chi connectivity index (χ1n) is 4.98. The lowest BCUT2D eigenvalue weighted by molar-refractivity contribution is -0.385.